The molecule has 7 nitrogen and oxygen atoms in total. The minimum atomic E-state index is -4.49. The number of sulfonamides is 1. The van der Waals surface area contributed by atoms with Gasteiger partial charge in [0.05, 0.1) is 16.9 Å². The van der Waals surface area contributed by atoms with E-state index in [-0.39, 0.29) is 11.3 Å². The summed E-state index contributed by atoms with van der Waals surface area (Å²) in [5, 5.41) is 9.38. The van der Waals surface area contributed by atoms with Gasteiger partial charge in [-0.1, -0.05) is 6.42 Å². The molecule has 0 radical (unpaired) electrons. The van der Waals surface area contributed by atoms with E-state index in [9.17, 15) is 27.1 Å². The molecule has 2 aromatic rings. The number of halogens is 2. The number of benzene rings is 2. The normalized spacial score (nSPS) is 18.3. The highest BCUT2D eigenvalue weighted by atomic mass is 32.2. The monoisotopic (exact) mass is 479 g/mol. The Morgan fingerprint density at radius 3 is 2.33 bits per heavy atom. The molecular formula is C23H27F2N3O4S. The maximum Gasteiger partial charge on any atom is 0.335 e. The number of carbonyl (C=O) groups is 1. The zero-order valence-electron chi connectivity index (χ0n) is 18.1. The predicted molar refractivity (Wildman–Crippen MR) is 121 cm³/mol. The number of nitrogens with zero attached hydrogens (tertiary/aromatic N) is 2. The van der Waals surface area contributed by atoms with Gasteiger partial charge in [-0.25, -0.2) is 22.0 Å². The van der Waals surface area contributed by atoms with Crippen molar-refractivity contribution in [2.24, 2.45) is 0 Å². The van der Waals surface area contributed by atoms with E-state index in [2.05, 4.69) is 9.62 Å². The summed E-state index contributed by atoms with van der Waals surface area (Å²) in [5.74, 6) is -3.21. The van der Waals surface area contributed by atoms with Crippen molar-refractivity contribution in [2.45, 2.75) is 43.0 Å². The third kappa shape index (κ3) is 5.27. The van der Waals surface area contributed by atoms with Gasteiger partial charge in [0.1, 0.15) is 16.5 Å². The van der Waals surface area contributed by atoms with Crippen LogP contribution in [0.2, 0.25) is 0 Å². The molecule has 0 aromatic heterocycles. The second-order valence-electron chi connectivity index (χ2n) is 8.53. The van der Waals surface area contributed by atoms with Crippen molar-refractivity contribution in [2.75, 3.05) is 35.8 Å². The summed E-state index contributed by atoms with van der Waals surface area (Å²) in [5.41, 5.74) is 0.423. The van der Waals surface area contributed by atoms with Gasteiger partial charge in [-0.05, 0) is 75.2 Å². The number of aromatic carboxylic acids is 1. The van der Waals surface area contributed by atoms with Crippen LogP contribution in [-0.2, 0) is 10.0 Å². The molecule has 10 heteroatoms. The Labute approximate surface area is 192 Å². The average Bonchev–Trinajstić information content (AvgIpc) is 2.81. The first-order valence-corrected chi connectivity index (χ1v) is 12.6. The fourth-order valence-electron chi connectivity index (χ4n) is 4.66. The lowest BCUT2D eigenvalue weighted by atomic mass is 9.99. The van der Waals surface area contributed by atoms with Crippen molar-refractivity contribution in [3.05, 3.63) is 53.6 Å². The second kappa shape index (κ2) is 9.64. The minimum absolute atomic E-state index is 0.0231. The van der Waals surface area contributed by atoms with Gasteiger partial charge in [0.2, 0.25) is 0 Å². The Morgan fingerprint density at radius 1 is 0.970 bits per heavy atom. The molecule has 2 aromatic carbocycles. The summed E-state index contributed by atoms with van der Waals surface area (Å²) in [6.45, 7) is 3.55. The molecule has 2 aliphatic heterocycles. The SMILES string of the molecule is O=C(O)c1ccc(N2CCC(N3CCCCC3)CC2)c(NS(=O)(=O)c2cc(F)ccc2F)c1. The van der Waals surface area contributed by atoms with Crippen LogP contribution in [0.1, 0.15) is 42.5 Å². The number of anilines is 2. The van der Waals surface area contributed by atoms with Crippen LogP contribution in [0.4, 0.5) is 20.2 Å². The van der Waals surface area contributed by atoms with Crippen molar-refractivity contribution in [3.8, 4) is 0 Å². The van der Waals surface area contributed by atoms with Crippen LogP contribution >= 0.6 is 0 Å². The molecule has 0 unspecified atom stereocenters. The van der Waals surface area contributed by atoms with E-state index in [4.69, 9.17) is 0 Å². The molecule has 0 bridgehead atoms. The first-order valence-electron chi connectivity index (χ1n) is 11.1. The lowest BCUT2D eigenvalue weighted by Gasteiger charge is -2.41. The molecule has 2 heterocycles. The summed E-state index contributed by atoms with van der Waals surface area (Å²) >= 11 is 0. The molecule has 0 saturated carbocycles. The quantitative estimate of drug-likeness (QED) is 0.653. The van der Waals surface area contributed by atoms with Gasteiger partial charge in [0.15, 0.2) is 0 Å². The van der Waals surface area contributed by atoms with Gasteiger partial charge in [-0.3, -0.25) is 4.72 Å². The summed E-state index contributed by atoms with van der Waals surface area (Å²) in [6.07, 6.45) is 5.50. The fraction of sp³-hybridized carbons (Fsp3) is 0.435. The molecule has 2 aliphatic rings. The maximum absolute atomic E-state index is 14.2. The molecule has 2 N–H and O–H groups in total. The zero-order chi connectivity index (χ0) is 23.6. The standard InChI is InChI=1S/C23H27F2N3O4S/c24-17-5-6-19(25)22(15-17)33(31,32)26-20-14-16(23(29)30)4-7-21(20)28-12-8-18(9-13-28)27-10-2-1-3-11-27/h4-7,14-15,18,26H,1-3,8-13H2,(H,29,30). The second-order valence-corrected chi connectivity index (χ2v) is 10.2. The molecule has 0 aliphatic carbocycles. The van der Waals surface area contributed by atoms with Crippen LogP contribution in [0.3, 0.4) is 0 Å². The molecule has 4 rings (SSSR count). The summed E-state index contributed by atoms with van der Waals surface area (Å²) < 4.78 is 55.8. The highest BCUT2D eigenvalue weighted by Gasteiger charge is 2.28. The van der Waals surface area contributed by atoms with Crippen LogP contribution in [0.5, 0.6) is 0 Å². The summed E-state index contributed by atoms with van der Waals surface area (Å²) in [7, 11) is -4.49. The lowest BCUT2D eigenvalue weighted by Crippen LogP contribution is -2.46. The highest BCUT2D eigenvalue weighted by Crippen LogP contribution is 2.33. The molecule has 178 valence electrons. The third-order valence-electron chi connectivity index (χ3n) is 6.38. The van der Waals surface area contributed by atoms with Crippen LogP contribution in [-0.4, -0.2) is 56.6 Å². The predicted octanol–water partition coefficient (Wildman–Crippen LogP) is 3.92. The van der Waals surface area contributed by atoms with Gasteiger partial charge in [-0.15, -0.1) is 0 Å². The van der Waals surface area contributed by atoms with E-state index in [0.29, 0.717) is 30.9 Å². The lowest BCUT2D eigenvalue weighted by molar-refractivity contribution is 0.0697. The summed E-state index contributed by atoms with van der Waals surface area (Å²) in [6, 6.07) is 6.83. The maximum atomic E-state index is 14.2. The van der Waals surface area contributed by atoms with Crippen molar-refractivity contribution in [1.29, 1.82) is 0 Å². The van der Waals surface area contributed by atoms with E-state index in [1.807, 2.05) is 4.90 Å². The molecule has 0 amide bonds. The Balaban J connectivity index is 1.59. The highest BCUT2D eigenvalue weighted by molar-refractivity contribution is 7.92. The van der Waals surface area contributed by atoms with E-state index < -0.39 is 32.5 Å². The van der Waals surface area contributed by atoms with Crippen LogP contribution in [0.25, 0.3) is 0 Å². The number of nitrogens with one attached hydrogen (secondary N) is 1. The van der Waals surface area contributed by atoms with Gasteiger partial charge < -0.3 is 14.9 Å². The fourth-order valence-corrected chi connectivity index (χ4v) is 5.82. The topological polar surface area (TPSA) is 89.9 Å². The molecule has 2 saturated heterocycles. The van der Waals surface area contributed by atoms with Crippen LogP contribution in [0.15, 0.2) is 41.3 Å². The number of carboxylic acids is 1. The van der Waals surface area contributed by atoms with Crippen molar-refractivity contribution in [1.82, 2.24) is 4.90 Å². The zero-order valence-corrected chi connectivity index (χ0v) is 19.0. The van der Waals surface area contributed by atoms with E-state index in [1.54, 1.807) is 6.07 Å². The third-order valence-corrected chi connectivity index (χ3v) is 7.76. The molecule has 33 heavy (non-hydrogen) atoms. The van der Waals surface area contributed by atoms with Gasteiger partial charge in [0, 0.05) is 19.1 Å². The molecule has 0 atom stereocenters. The Morgan fingerprint density at radius 2 is 1.67 bits per heavy atom. The van der Waals surface area contributed by atoms with Crippen molar-refractivity contribution >= 4 is 27.4 Å². The Kier molecular flexibility index (Phi) is 6.85. The molecule has 0 spiro atoms. The average molecular weight is 480 g/mol. The number of piperidine rings is 2. The van der Waals surface area contributed by atoms with Gasteiger partial charge in [-0.2, -0.15) is 0 Å². The first-order chi connectivity index (χ1) is 15.7. The Hall–Kier alpha value is -2.72. The molecule has 2 fully saturated rings. The smallest absolute Gasteiger partial charge is 0.335 e. The summed E-state index contributed by atoms with van der Waals surface area (Å²) in [4.78, 5) is 15.2. The van der Waals surface area contributed by atoms with Gasteiger partial charge in [0.25, 0.3) is 10.0 Å². The minimum Gasteiger partial charge on any atom is -0.478 e. The van der Waals surface area contributed by atoms with Crippen molar-refractivity contribution in [3.63, 3.8) is 0 Å². The largest absolute Gasteiger partial charge is 0.478 e. The van der Waals surface area contributed by atoms with Gasteiger partial charge >= 0.3 is 5.97 Å². The van der Waals surface area contributed by atoms with Crippen LogP contribution in [0, 0.1) is 11.6 Å². The van der Waals surface area contributed by atoms with E-state index >= 15 is 0 Å². The van der Waals surface area contributed by atoms with Crippen molar-refractivity contribution < 1.29 is 27.1 Å². The molecular weight excluding hydrogens is 452 g/mol. The number of hydrogen-bond donors (Lipinski definition) is 2. The number of rotatable bonds is 6. The van der Waals surface area contributed by atoms with E-state index in [0.717, 1.165) is 38.1 Å². The number of carboxylic acid groups (broad SMARTS) is 1. The Bertz CT molecular complexity index is 1130. The first kappa shape index (κ1) is 23.4. The van der Waals surface area contributed by atoms with E-state index in [1.165, 1.54) is 31.4 Å². The number of likely N-dealkylation sites (tertiary alicyclic amines) is 1. The van der Waals surface area contributed by atoms with Crippen LogP contribution < -0.4 is 9.62 Å². The number of hydrogen-bond acceptors (Lipinski definition) is 5.